The summed E-state index contributed by atoms with van der Waals surface area (Å²) in [4.78, 5) is 2.38. The van der Waals surface area contributed by atoms with Crippen LogP contribution in [0, 0.1) is 18.8 Å². The predicted octanol–water partition coefficient (Wildman–Crippen LogP) is 5.05. The lowest BCUT2D eigenvalue weighted by atomic mass is 10.1. The van der Waals surface area contributed by atoms with Crippen molar-refractivity contribution >= 4 is 0 Å². The molecule has 0 amide bonds. The fraction of sp³-hybridized carbons (Fsp3) is 0.167. The molecule has 0 aromatic heterocycles. The third kappa shape index (κ3) is 5.64. The number of rotatable bonds is 5. The van der Waals surface area contributed by atoms with Crippen LogP contribution in [0.15, 0.2) is 84.9 Å². The van der Waals surface area contributed by atoms with E-state index in [0.29, 0.717) is 0 Å². The average Bonchev–Trinajstić information content (AvgIpc) is 2.65. The van der Waals surface area contributed by atoms with Crippen molar-refractivity contribution in [2.75, 3.05) is 6.54 Å². The first kappa shape index (κ1) is 17.0. The maximum absolute atomic E-state index is 3.34. The van der Waals surface area contributed by atoms with Crippen LogP contribution < -0.4 is 0 Å². The number of aryl methyl sites for hydroxylation is 1. The lowest BCUT2D eigenvalue weighted by molar-refractivity contribution is 0.290. The zero-order valence-corrected chi connectivity index (χ0v) is 14.7. The van der Waals surface area contributed by atoms with E-state index in [9.17, 15) is 0 Å². The highest BCUT2D eigenvalue weighted by atomic mass is 15.1. The molecule has 3 aromatic carbocycles. The van der Waals surface area contributed by atoms with E-state index in [4.69, 9.17) is 0 Å². The lowest BCUT2D eigenvalue weighted by Gasteiger charge is -2.20. The van der Waals surface area contributed by atoms with Gasteiger partial charge in [-0.1, -0.05) is 90.2 Å². The minimum Gasteiger partial charge on any atom is -0.284 e. The molecule has 3 rings (SSSR count). The maximum atomic E-state index is 3.34. The second-order valence-corrected chi connectivity index (χ2v) is 6.28. The topological polar surface area (TPSA) is 3.24 Å². The zero-order chi connectivity index (χ0) is 17.3. The summed E-state index contributed by atoms with van der Waals surface area (Å²) in [5.74, 6) is 6.62. The van der Waals surface area contributed by atoms with Gasteiger partial charge in [-0.05, 0) is 30.2 Å². The van der Waals surface area contributed by atoms with Gasteiger partial charge in [0, 0.05) is 18.7 Å². The van der Waals surface area contributed by atoms with Crippen molar-refractivity contribution in [1.29, 1.82) is 0 Å². The van der Waals surface area contributed by atoms with Crippen LogP contribution in [-0.2, 0) is 13.1 Å². The van der Waals surface area contributed by atoms with E-state index < -0.39 is 0 Å². The molecule has 0 fully saturated rings. The fourth-order valence-electron chi connectivity index (χ4n) is 2.74. The number of hydrogen-bond acceptors (Lipinski definition) is 1. The Balaban J connectivity index is 1.70. The molecule has 3 aromatic rings. The zero-order valence-electron chi connectivity index (χ0n) is 14.7. The van der Waals surface area contributed by atoms with Gasteiger partial charge in [-0.3, -0.25) is 4.90 Å². The van der Waals surface area contributed by atoms with Crippen molar-refractivity contribution in [2.45, 2.75) is 20.0 Å². The highest BCUT2D eigenvalue weighted by Crippen LogP contribution is 2.09. The molecule has 0 bridgehead atoms. The van der Waals surface area contributed by atoms with E-state index in [1.54, 1.807) is 0 Å². The molecule has 1 heteroatoms. The minimum absolute atomic E-state index is 0.748. The Morgan fingerprint density at radius 1 is 0.680 bits per heavy atom. The van der Waals surface area contributed by atoms with Crippen LogP contribution in [0.25, 0.3) is 0 Å². The van der Waals surface area contributed by atoms with Gasteiger partial charge in [0.15, 0.2) is 0 Å². The van der Waals surface area contributed by atoms with Crippen molar-refractivity contribution in [2.24, 2.45) is 0 Å². The van der Waals surface area contributed by atoms with Crippen LogP contribution in [-0.4, -0.2) is 11.4 Å². The summed E-state index contributed by atoms with van der Waals surface area (Å²) in [6, 6.07) is 29.6. The van der Waals surface area contributed by atoms with Crippen molar-refractivity contribution < 1.29 is 0 Å². The van der Waals surface area contributed by atoms with E-state index in [0.717, 1.165) is 25.2 Å². The Morgan fingerprint density at radius 3 is 1.72 bits per heavy atom. The Hall–Kier alpha value is -2.82. The molecule has 0 atom stereocenters. The molecule has 25 heavy (non-hydrogen) atoms. The number of hydrogen-bond donors (Lipinski definition) is 0. The van der Waals surface area contributed by atoms with Crippen molar-refractivity contribution in [1.82, 2.24) is 4.90 Å². The molecule has 0 saturated heterocycles. The summed E-state index contributed by atoms with van der Waals surface area (Å²) in [6.45, 7) is 4.65. The second kappa shape index (κ2) is 8.87. The molecule has 0 N–H and O–H groups in total. The van der Waals surface area contributed by atoms with Crippen molar-refractivity contribution in [3.63, 3.8) is 0 Å². The van der Waals surface area contributed by atoms with Gasteiger partial charge in [0.05, 0.1) is 6.54 Å². The van der Waals surface area contributed by atoms with E-state index in [2.05, 4.69) is 109 Å². The van der Waals surface area contributed by atoms with Gasteiger partial charge in [0.2, 0.25) is 0 Å². The second-order valence-electron chi connectivity index (χ2n) is 6.28. The van der Waals surface area contributed by atoms with E-state index in [1.165, 1.54) is 16.7 Å². The molecular formula is C24H23N. The molecule has 0 spiro atoms. The van der Waals surface area contributed by atoms with Gasteiger partial charge >= 0.3 is 0 Å². The number of benzene rings is 3. The van der Waals surface area contributed by atoms with E-state index in [1.807, 2.05) is 0 Å². The summed E-state index contributed by atoms with van der Waals surface area (Å²) in [6.07, 6.45) is 0. The summed E-state index contributed by atoms with van der Waals surface area (Å²) in [7, 11) is 0. The van der Waals surface area contributed by atoms with Gasteiger partial charge in [-0.25, -0.2) is 0 Å². The standard InChI is InChI=1S/C24H23N/c1-21-14-16-22(17-15-21)13-8-18-25(19-23-9-4-2-5-10-23)20-24-11-6-3-7-12-24/h2-7,9-12,14-17H,18-20H2,1H3. The first-order valence-corrected chi connectivity index (χ1v) is 8.65. The van der Waals surface area contributed by atoms with Crippen molar-refractivity contribution in [3.05, 3.63) is 107 Å². The normalized spacial score (nSPS) is 10.3. The third-order valence-corrected chi connectivity index (χ3v) is 4.08. The van der Waals surface area contributed by atoms with Crippen LogP contribution in [0.2, 0.25) is 0 Å². The molecule has 0 saturated carbocycles. The van der Waals surface area contributed by atoms with Crippen LogP contribution in [0.3, 0.4) is 0 Å². The van der Waals surface area contributed by atoms with Gasteiger partial charge < -0.3 is 0 Å². The summed E-state index contributed by atoms with van der Waals surface area (Å²) in [5, 5.41) is 0. The first-order valence-electron chi connectivity index (χ1n) is 8.65. The SMILES string of the molecule is Cc1ccc(C#CCN(Cc2ccccc2)Cc2ccccc2)cc1. The Kier molecular flexibility index (Phi) is 6.04. The number of nitrogens with zero attached hydrogens (tertiary/aromatic N) is 1. The third-order valence-electron chi connectivity index (χ3n) is 4.08. The van der Waals surface area contributed by atoms with E-state index >= 15 is 0 Å². The Bertz CT molecular complexity index is 783. The van der Waals surface area contributed by atoms with Crippen LogP contribution >= 0.6 is 0 Å². The van der Waals surface area contributed by atoms with E-state index in [-0.39, 0.29) is 0 Å². The predicted molar refractivity (Wildman–Crippen MR) is 105 cm³/mol. The van der Waals surface area contributed by atoms with Gasteiger partial charge in [-0.15, -0.1) is 0 Å². The molecule has 0 radical (unpaired) electrons. The average molecular weight is 325 g/mol. The molecule has 0 aliphatic heterocycles. The van der Waals surface area contributed by atoms with Crippen molar-refractivity contribution in [3.8, 4) is 11.8 Å². The maximum Gasteiger partial charge on any atom is 0.0611 e. The lowest BCUT2D eigenvalue weighted by Crippen LogP contribution is -2.23. The Labute approximate surface area is 150 Å². The summed E-state index contributed by atoms with van der Waals surface area (Å²) in [5.41, 5.74) is 4.97. The monoisotopic (exact) mass is 325 g/mol. The molecule has 0 aliphatic carbocycles. The first-order chi connectivity index (χ1) is 12.3. The van der Waals surface area contributed by atoms with Gasteiger partial charge in [0.1, 0.15) is 0 Å². The molecule has 0 aliphatic rings. The van der Waals surface area contributed by atoms with Gasteiger partial charge in [-0.2, -0.15) is 0 Å². The van der Waals surface area contributed by atoms with Crippen LogP contribution in [0.4, 0.5) is 0 Å². The molecule has 124 valence electrons. The highest BCUT2D eigenvalue weighted by Gasteiger charge is 2.05. The fourth-order valence-corrected chi connectivity index (χ4v) is 2.74. The smallest absolute Gasteiger partial charge is 0.0611 e. The van der Waals surface area contributed by atoms with Crippen LogP contribution in [0.5, 0.6) is 0 Å². The van der Waals surface area contributed by atoms with Crippen LogP contribution in [0.1, 0.15) is 22.3 Å². The summed E-state index contributed by atoms with van der Waals surface area (Å²) >= 11 is 0. The highest BCUT2D eigenvalue weighted by molar-refractivity contribution is 5.36. The molecule has 1 nitrogen and oxygen atoms in total. The van der Waals surface area contributed by atoms with Gasteiger partial charge in [0.25, 0.3) is 0 Å². The molecular weight excluding hydrogens is 302 g/mol. The quantitative estimate of drug-likeness (QED) is 0.593. The molecule has 0 heterocycles. The molecule has 0 unspecified atom stereocenters. The largest absolute Gasteiger partial charge is 0.284 e. The minimum atomic E-state index is 0.748. The Morgan fingerprint density at radius 2 is 1.20 bits per heavy atom. The summed E-state index contributed by atoms with van der Waals surface area (Å²) < 4.78 is 0.